The molecule has 5 nitrogen and oxygen atoms in total. The molecule has 2 aromatic rings. The average molecular weight is 449 g/mol. The maximum atomic E-state index is 15.2. The Hall–Kier alpha value is -2.44. The molecule has 2 amide bonds. The van der Waals surface area contributed by atoms with Gasteiger partial charge in [-0.2, -0.15) is 0 Å². The van der Waals surface area contributed by atoms with Crippen LogP contribution in [0.2, 0.25) is 10.0 Å². The van der Waals surface area contributed by atoms with Gasteiger partial charge in [-0.3, -0.25) is 14.4 Å². The van der Waals surface area contributed by atoms with E-state index in [-0.39, 0.29) is 30.2 Å². The average Bonchev–Trinajstić information content (AvgIpc) is 3.29. The third kappa shape index (κ3) is 2.44. The molecule has 5 rings (SSSR count). The number of nitrogens with one attached hydrogen (secondary N) is 1. The van der Waals surface area contributed by atoms with Gasteiger partial charge in [0.2, 0.25) is 6.41 Å². The van der Waals surface area contributed by atoms with Crippen LogP contribution in [0.25, 0.3) is 0 Å². The Bertz CT molecular complexity index is 1090. The van der Waals surface area contributed by atoms with Crippen molar-refractivity contribution in [2.75, 3.05) is 5.32 Å². The van der Waals surface area contributed by atoms with E-state index in [4.69, 9.17) is 23.2 Å². The standard InChI is InChI=1S/C21H15Cl2FN2O3.CH4/c22-10-4-5-12-14(8-10)25-20(29)21(12)18(11-2-1-3-13(23)19(11)24)17-15(26(21)9-27)6-7-16(17)28;/h1-5,8-9,15,17-18H,6-7H2,(H,25,29);1H4/t15-,17-,18-,21+;/m0./s1. The minimum Gasteiger partial charge on any atom is -0.323 e. The van der Waals surface area contributed by atoms with Gasteiger partial charge >= 0.3 is 0 Å². The van der Waals surface area contributed by atoms with Gasteiger partial charge in [0, 0.05) is 40.6 Å². The molecule has 30 heavy (non-hydrogen) atoms. The molecule has 0 aromatic heterocycles. The highest BCUT2D eigenvalue weighted by Gasteiger charge is 2.69. The molecule has 2 aliphatic heterocycles. The molecule has 0 radical (unpaired) electrons. The highest BCUT2D eigenvalue weighted by Crippen LogP contribution is 2.61. The van der Waals surface area contributed by atoms with Gasteiger partial charge in [0.25, 0.3) is 5.91 Å². The largest absolute Gasteiger partial charge is 0.323 e. The van der Waals surface area contributed by atoms with Crippen LogP contribution in [0.3, 0.4) is 0 Å². The van der Waals surface area contributed by atoms with Crippen molar-refractivity contribution in [2.24, 2.45) is 5.92 Å². The normalized spacial score (nSPS) is 28.9. The van der Waals surface area contributed by atoms with Gasteiger partial charge in [-0.15, -0.1) is 0 Å². The number of hydrogen-bond acceptors (Lipinski definition) is 3. The smallest absolute Gasteiger partial charge is 0.255 e. The number of rotatable bonds is 2. The number of Topliss-reactive ketones (excluding diaryl/α,β-unsaturated/α-hetero) is 1. The molecule has 8 heteroatoms. The molecule has 1 aliphatic carbocycles. The molecule has 2 aromatic carbocycles. The molecule has 2 fully saturated rings. The Kier molecular flexibility index (Phi) is 4.90. The van der Waals surface area contributed by atoms with Crippen molar-refractivity contribution in [3.63, 3.8) is 0 Å². The fourth-order valence-corrected chi connectivity index (χ4v) is 5.80. The summed E-state index contributed by atoms with van der Waals surface area (Å²) in [4.78, 5) is 40.0. The second-order valence-electron chi connectivity index (χ2n) is 7.64. The van der Waals surface area contributed by atoms with E-state index in [2.05, 4.69) is 5.32 Å². The number of fused-ring (bicyclic) bond motifs is 3. The lowest BCUT2D eigenvalue weighted by Crippen LogP contribution is -2.51. The van der Waals surface area contributed by atoms with E-state index in [0.29, 0.717) is 29.1 Å². The second-order valence-corrected chi connectivity index (χ2v) is 8.49. The van der Waals surface area contributed by atoms with E-state index in [9.17, 15) is 14.4 Å². The maximum Gasteiger partial charge on any atom is 0.255 e. The molecular formula is C22H19Cl2FN2O3. The fraction of sp³-hybridized carbons (Fsp3) is 0.318. The summed E-state index contributed by atoms with van der Waals surface area (Å²) in [5.74, 6) is -2.83. The summed E-state index contributed by atoms with van der Waals surface area (Å²) in [7, 11) is 0. The minimum absolute atomic E-state index is 0. The van der Waals surface area contributed by atoms with E-state index in [1.54, 1.807) is 24.3 Å². The van der Waals surface area contributed by atoms with Gasteiger partial charge in [-0.1, -0.05) is 48.8 Å². The van der Waals surface area contributed by atoms with E-state index in [0.717, 1.165) is 0 Å². The summed E-state index contributed by atoms with van der Waals surface area (Å²) >= 11 is 12.1. The van der Waals surface area contributed by atoms with Crippen molar-refractivity contribution in [3.05, 3.63) is 63.4 Å². The SMILES string of the molecule is C.O=CN1[C@H]2CCC(=O)[C@H]2[C@H](c2cccc(Cl)c2F)[C@]12C(=O)Nc1cc(Cl)ccc12. The first-order valence-electron chi connectivity index (χ1n) is 9.23. The summed E-state index contributed by atoms with van der Waals surface area (Å²) < 4.78 is 15.2. The van der Waals surface area contributed by atoms with Crippen LogP contribution >= 0.6 is 23.2 Å². The first kappa shape index (κ1) is 20.8. The van der Waals surface area contributed by atoms with Gasteiger partial charge in [0.15, 0.2) is 5.54 Å². The molecule has 1 saturated carbocycles. The first-order valence-corrected chi connectivity index (χ1v) is 9.98. The molecule has 156 valence electrons. The van der Waals surface area contributed by atoms with E-state index in [1.807, 2.05) is 0 Å². The van der Waals surface area contributed by atoms with Crippen LogP contribution in [0, 0.1) is 11.7 Å². The van der Waals surface area contributed by atoms with Crippen LogP contribution < -0.4 is 5.32 Å². The number of hydrogen-bond donors (Lipinski definition) is 1. The zero-order valence-electron chi connectivity index (χ0n) is 15.0. The molecule has 1 spiro atoms. The van der Waals surface area contributed by atoms with Gasteiger partial charge in [0.05, 0.1) is 5.02 Å². The topological polar surface area (TPSA) is 66.5 Å². The zero-order valence-corrected chi connectivity index (χ0v) is 16.5. The number of anilines is 1. The Morgan fingerprint density at radius 3 is 2.70 bits per heavy atom. The predicted octanol–water partition coefficient (Wildman–Crippen LogP) is 4.52. The Morgan fingerprint density at radius 2 is 1.97 bits per heavy atom. The number of likely N-dealkylation sites (tertiary alicyclic amines) is 1. The van der Waals surface area contributed by atoms with Gasteiger partial charge in [-0.25, -0.2) is 4.39 Å². The summed E-state index contributed by atoms with van der Waals surface area (Å²) in [5, 5.41) is 3.10. The number of nitrogens with zero attached hydrogens (tertiary/aromatic N) is 1. The fourth-order valence-electron chi connectivity index (χ4n) is 5.45. The van der Waals surface area contributed by atoms with E-state index in [1.165, 1.54) is 17.0 Å². The number of amides is 2. The quantitative estimate of drug-likeness (QED) is 0.686. The Morgan fingerprint density at radius 1 is 1.20 bits per heavy atom. The first-order chi connectivity index (χ1) is 13.9. The third-order valence-electron chi connectivity index (χ3n) is 6.46. The number of carbonyl (C=O) groups is 3. The lowest BCUT2D eigenvalue weighted by molar-refractivity contribution is -0.137. The van der Waals surface area contributed by atoms with Gasteiger partial charge in [-0.05, 0) is 30.2 Å². The minimum atomic E-state index is -1.54. The van der Waals surface area contributed by atoms with Crippen molar-refractivity contribution in [3.8, 4) is 0 Å². The molecule has 1 N–H and O–H groups in total. The van der Waals surface area contributed by atoms with Crippen LogP contribution in [0.5, 0.6) is 0 Å². The molecule has 0 bridgehead atoms. The summed E-state index contributed by atoms with van der Waals surface area (Å²) in [6, 6.07) is 8.91. The van der Waals surface area contributed by atoms with Crippen LogP contribution in [-0.2, 0) is 19.9 Å². The van der Waals surface area contributed by atoms with Crippen molar-refractivity contribution in [2.45, 2.75) is 37.8 Å². The van der Waals surface area contributed by atoms with Crippen LogP contribution in [0.4, 0.5) is 10.1 Å². The van der Waals surface area contributed by atoms with Crippen LogP contribution in [-0.4, -0.2) is 29.0 Å². The number of ketones is 1. The van der Waals surface area contributed by atoms with Crippen LogP contribution in [0.15, 0.2) is 36.4 Å². The second kappa shape index (κ2) is 7.06. The predicted molar refractivity (Wildman–Crippen MR) is 112 cm³/mol. The van der Waals surface area contributed by atoms with Crippen molar-refractivity contribution in [1.29, 1.82) is 0 Å². The molecule has 0 unspecified atom stereocenters. The lowest BCUT2D eigenvalue weighted by Gasteiger charge is -2.37. The highest BCUT2D eigenvalue weighted by molar-refractivity contribution is 6.31. The summed E-state index contributed by atoms with van der Waals surface area (Å²) in [5.41, 5.74) is -0.427. The van der Waals surface area contributed by atoms with E-state index < -0.39 is 35.1 Å². The van der Waals surface area contributed by atoms with Gasteiger partial charge < -0.3 is 10.2 Å². The lowest BCUT2D eigenvalue weighted by atomic mass is 9.71. The summed E-state index contributed by atoms with van der Waals surface area (Å²) in [6.45, 7) is 0. The Labute approximate surface area is 183 Å². The maximum absolute atomic E-state index is 15.2. The summed E-state index contributed by atoms with van der Waals surface area (Å²) in [6.07, 6.45) is 1.31. The Balaban J connectivity index is 0.00000218. The number of halogens is 3. The van der Waals surface area contributed by atoms with Crippen molar-refractivity contribution >= 4 is 47.0 Å². The third-order valence-corrected chi connectivity index (χ3v) is 6.99. The van der Waals surface area contributed by atoms with Gasteiger partial charge in [0.1, 0.15) is 11.6 Å². The molecule has 4 atom stereocenters. The van der Waals surface area contributed by atoms with Crippen LogP contribution in [0.1, 0.15) is 37.3 Å². The monoisotopic (exact) mass is 448 g/mol. The van der Waals surface area contributed by atoms with Crippen molar-refractivity contribution < 1.29 is 18.8 Å². The molecular weight excluding hydrogens is 430 g/mol. The molecule has 2 heterocycles. The number of benzene rings is 2. The zero-order chi connectivity index (χ0) is 20.5. The van der Waals surface area contributed by atoms with Crippen molar-refractivity contribution in [1.82, 2.24) is 4.90 Å². The molecule has 1 saturated heterocycles. The van der Waals surface area contributed by atoms with E-state index >= 15 is 4.39 Å². The molecule has 3 aliphatic rings. The highest BCUT2D eigenvalue weighted by atomic mass is 35.5. The number of carbonyl (C=O) groups excluding carboxylic acids is 3.